The number of hydrogen-bond acceptors (Lipinski definition) is 4. The minimum Gasteiger partial charge on any atom is -0.374 e. The van der Waals surface area contributed by atoms with Crippen molar-refractivity contribution < 1.29 is 4.74 Å². The van der Waals surface area contributed by atoms with Gasteiger partial charge in [-0.15, -0.1) is 11.3 Å². The molecule has 0 aliphatic carbocycles. The van der Waals surface area contributed by atoms with Crippen LogP contribution in [0, 0.1) is 5.92 Å². The number of ether oxygens (including phenoxy) is 1. The highest BCUT2D eigenvalue weighted by Crippen LogP contribution is 2.22. The largest absolute Gasteiger partial charge is 0.374 e. The van der Waals surface area contributed by atoms with E-state index in [0.717, 1.165) is 49.1 Å². The topological polar surface area (TPSA) is 48.9 Å². The number of morpholine rings is 1. The second-order valence-corrected chi connectivity index (χ2v) is 8.98. The van der Waals surface area contributed by atoms with Gasteiger partial charge in [0.15, 0.2) is 5.96 Å². The molecule has 1 aliphatic rings. The maximum atomic E-state index is 5.89. The lowest BCUT2D eigenvalue weighted by Gasteiger charge is -2.34. The highest BCUT2D eigenvalue weighted by Gasteiger charge is 2.21. The molecule has 2 N–H and O–H groups in total. The van der Waals surface area contributed by atoms with Gasteiger partial charge in [0.25, 0.3) is 0 Å². The SMILES string of the molecule is CCNC(=NCc1ccc(Br)s1)NCC1CN(CC(C)C)CCO1. The van der Waals surface area contributed by atoms with Crippen molar-refractivity contribution in [1.82, 2.24) is 15.5 Å². The van der Waals surface area contributed by atoms with Crippen molar-refractivity contribution in [2.24, 2.45) is 10.9 Å². The van der Waals surface area contributed by atoms with E-state index in [1.807, 2.05) is 0 Å². The number of thiophene rings is 1. The van der Waals surface area contributed by atoms with Gasteiger partial charge in [0.05, 0.1) is 23.0 Å². The number of aliphatic imine (C=N–C) groups is 1. The zero-order valence-electron chi connectivity index (χ0n) is 14.8. The van der Waals surface area contributed by atoms with E-state index in [4.69, 9.17) is 4.74 Å². The van der Waals surface area contributed by atoms with Gasteiger partial charge in [-0.05, 0) is 40.9 Å². The highest BCUT2D eigenvalue weighted by atomic mass is 79.9. The van der Waals surface area contributed by atoms with E-state index < -0.39 is 0 Å². The molecule has 1 aliphatic heterocycles. The molecular formula is C17H29BrN4OS. The van der Waals surface area contributed by atoms with E-state index in [1.54, 1.807) is 11.3 Å². The summed E-state index contributed by atoms with van der Waals surface area (Å²) < 4.78 is 7.04. The van der Waals surface area contributed by atoms with Crippen LogP contribution in [0.3, 0.4) is 0 Å². The molecule has 136 valence electrons. The monoisotopic (exact) mass is 416 g/mol. The first-order chi connectivity index (χ1) is 11.6. The molecule has 5 nitrogen and oxygen atoms in total. The number of rotatable bonds is 7. The van der Waals surface area contributed by atoms with Crippen LogP contribution in [0.15, 0.2) is 20.9 Å². The van der Waals surface area contributed by atoms with Gasteiger partial charge in [-0.3, -0.25) is 4.90 Å². The summed E-state index contributed by atoms with van der Waals surface area (Å²) in [6, 6.07) is 4.17. The molecule has 24 heavy (non-hydrogen) atoms. The average Bonchev–Trinajstić information content (AvgIpc) is 2.95. The average molecular weight is 417 g/mol. The zero-order chi connectivity index (χ0) is 17.4. The normalized spacial score (nSPS) is 19.7. The van der Waals surface area contributed by atoms with Crippen LogP contribution in [0.2, 0.25) is 0 Å². The summed E-state index contributed by atoms with van der Waals surface area (Å²) in [6.45, 7) is 12.9. The molecule has 1 fully saturated rings. The highest BCUT2D eigenvalue weighted by molar-refractivity contribution is 9.11. The Kier molecular flexibility index (Phi) is 8.52. The standard InChI is InChI=1S/C17H29BrN4OS/c1-4-19-17(21-10-15-5-6-16(18)24-15)20-9-14-12-22(7-8-23-14)11-13(2)3/h5-6,13-14H,4,7-12H2,1-3H3,(H2,19,20,21). The van der Waals surface area contributed by atoms with Crippen LogP contribution < -0.4 is 10.6 Å². The summed E-state index contributed by atoms with van der Waals surface area (Å²) in [5, 5.41) is 6.73. The van der Waals surface area contributed by atoms with Gasteiger partial charge >= 0.3 is 0 Å². The Labute approximate surface area is 158 Å². The lowest BCUT2D eigenvalue weighted by atomic mass is 10.2. The third kappa shape index (κ3) is 7.09. The summed E-state index contributed by atoms with van der Waals surface area (Å²) in [6.07, 6.45) is 0.220. The molecule has 0 bridgehead atoms. The minimum atomic E-state index is 0.220. The van der Waals surface area contributed by atoms with Crippen molar-refractivity contribution in [3.63, 3.8) is 0 Å². The summed E-state index contributed by atoms with van der Waals surface area (Å²) in [4.78, 5) is 8.40. The summed E-state index contributed by atoms with van der Waals surface area (Å²) in [5.74, 6) is 1.55. The first-order valence-corrected chi connectivity index (χ1v) is 10.3. The predicted octanol–water partition coefficient (Wildman–Crippen LogP) is 2.92. The van der Waals surface area contributed by atoms with E-state index in [1.165, 1.54) is 4.88 Å². The Morgan fingerprint density at radius 1 is 1.46 bits per heavy atom. The Hall–Kier alpha value is -0.630. The number of nitrogens with zero attached hydrogens (tertiary/aromatic N) is 2. The maximum Gasteiger partial charge on any atom is 0.191 e. The van der Waals surface area contributed by atoms with Gasteiger partial charge in [-0.25, -0.2) is 4.99 Å². The van der Waals surface area contributed by atoms with Gasteiger partial charge in [0, 0.05) is 37.6 Å². The van der Waals surface area contributed by atoms with Gasteiger partial charge in [0.1, 0.15) is 0 Å². The van der Waals surface area contributed by atoms with Gasteiger partial charge in [-0.1, -0.05) is 13.8 Å². The van der Waals surface area contributed by atoms with Gasteiger partial charge in [0.2, 0.25) is 0 Å². The first-order valence-electron chi connectivity index (χ1n) is 8.67. The number of nitrogens with one attached hydrogen (secondary N) is 2. The molecule has 1 unspecified atom stereocenters. The van der Waals surface area contributed by atoms with Crippen molar-refractivity contribution >= 4 is 33.2 Å². The maximum absolute atomic E-state index is 5.89. The van der Waals surface area contributed by atoms with Crippen LogP contribution in [0.5, 0.6) is 0 Å². The lowest BCUT2D eigenvalue weighted by Crippen LogP contribution is -2.50. The van der Waals surface area contributed by atoms with Crippen LogP contribution in [0.4, 0.5) is 0 Å². The van der Waals surface area contributed by atoms with Crippen LogP contribution in [-0.2, 0) is 11.3 Å². The fraction of sp³-hybridized carbons (Fsp3) is 0.706. The molecule has 1 aromatic heterocycles. The second-order valence-electron chi connectivity index (χ2n) is 6.43. The molecule has 1 atom stereocenters. The molecule has 7 heteroatoms. The molecule has 0 amide bonds. The summed E-state index contributed by atoms with van der Waals surface area (Å²) in [7, 11) is 0. The van der Waals surface area contributed by atoms with Gasteiger partial charge < -0.3 is 15.4 Å². The molecule has 2 heterocycles. The molecule has 1 aromatic rings. The summed E-state index contributed by atoms with van der Waals surface area (Å²) >= 11 is 5.22. The van der Waals surface area contributed by atoms with Crippen molar-refractivity contribution in [3.05, 3.63) is 20.8 Å². The Bertz CT molecular complexity index is 520. The third-order valence-corrected chi connectivity index (χ3v) is 5.32. The summed E-state index contributed by atoms with van der Waals surface area (Å²) in [5.41, 5.74) is 0. The Morgan fingerprint density at radius 3 is 2.96 bits per heavy atom. The predicted molar refractivity (Wildman–Crippen MR) is 106 cm³/mol. The van der Waals surface area contributed by atoms with Crippen molar-refractivity contribution in [3.8, 4) is 0 Å². The fourth-order valence-corrected chi connectivity index (χ4v) is 4.14. The molecular weight excluding hydrogens is 388 g/mol. The fourth-order valence-electron chi connectivity index (χ4n) is 2.73. The van der Waals surface area contributed by atoms with Crippen LogP contribution in [0.25, 0.3) is 0 Å². The van der Waals surface area contributed by atoms with Crippen LogP contribution in [-0.4, -0.2) is 56.3 Å². The first kappa shape index (κ1) is 19.7. The lowest BCUT2D eigenvalue weighted by molar-refractivity contribution is -0.0284. The number of halogens is 1. The Morgan fingerprint density at radius 2 is 2.29 bits per heavy atom. The minimum absolute atomic E-state index is 0.220. The molecule has 0 saturated carbocycles. The van der Waals surface area contributed by atoms with Crippen molar-refractivity contribution in [2.45, 2.75) is 33.4 Å². The number of guanidine groups is 1. The third-order valence-electron chi connectivity index (χ3n) is 3.71. The molecule has 0 aromatic carbocycles. The smallest absolute Gasteiger partial charge is 0.191 e. The molecule has 0 radical (unpaired) electrons. The van der Waals surface area contributed by atoms with E-state index in [9.17, 15) is 0 Å². The van der Waals surface area contributed by atoms with Crippen LogP contribution >= 0.6 is 27.3 Å². The Balaban J connectivity index is 1.81. The van der Waals surface area contributed by atoms with Crippen LogP contribution in [0.1, 0.15) is 25.6 Å². The van der Waals surface area contributed by atoms with E-state index in [0.29, 0.717) is 12.5 Å². The second kappa shape index (κ2) is 10.4. The van der Waals surface area contributed by atoms with E-state index in [2.05, 4.69) is 69.4 Å². The van der Waals surface area contributed by atoms with E-state index in [-0.39, 0.29) is 6.10 Å². The van der Waals surface area contributed by atoms with Gasteiger partial charge in [-0.2, -0.15) is 0 Å². The van der Waals surface area contributed by atoms with E-state index >= 15 is 0 Å². The molecule has 0 spiro atoms. The number of hydrogen-bond donors (Lipinski definition) is 2. The molecule has 2 rings (SSSR count). The van der Waals surface area contributed by atoms with Crippen molar-refractivity contribution in [2.75, 3.05) is 39.3 Å². The zero-order valence-corrected chi connectivity index (χ0v) is 17.3. The van der Waals surface area contributed by atoms with Crippen molar-refractivity contribution in [1.29, 1.82) is 0 Å². The quantitative estimate of drug-likeness (QED) is 0.529. The molecule has 1 saturated heterocycles.